The first-order valence-corrected chi connectivity index (χ1v) is 5.79. The van der Waals surface area contributed by atoms with Gasteiger partial charge in [0.05, 0.1) is 5.38 Å². The average Bonchev–Trinajstić information content (AvgIpc) is 2.52. The molecule has 2 aromatic rings. The zero-order valence-corrected chi connectivity index (χ0v) is 11.0. The first-order chi connectivity index (χ1) is 8.88. The van der Waals surface area contributed by atoms with Crippen LogP contribution in [0.4, 0.5) is 0 Å². The van der Waals surface area contributed by atoms with Gasteiger partial charge in [-0.25, -0.2) is 0 Å². The summed E-state index contributed by atoms with van der Waals surface area (Å²) in [5, 5.41) is 6.96. The molecule has 0 atom stereocenters. The number of aliphatic hydroxyl groups excluding tert-OH is 1. The van der Waals surface area contributed by atoms with Crippen molar-refractivity contribution >= 4 is 18.4 Å². The van der Waals surface area contributed by atoms with Crippen LogP contribution in [0.2, 0.25) is 0 Å². The van der Waals surface area contributed by atoms with Crippen LogP contribution in [0, 0.1) is 0 Å². The molecular weight excluding hydrogens is 248 g/mol. The Kier molecular flexibility index (Phi) is 9.55. The van der Waals surface area contributed by atoms with Gasteiger partial charge in [-0.15, -0.1) is 11.6 Å². The van der Waals surface area contributed by atoms with Crippen LogP contribution < -0.4 is 0 Å². The molecule has 1 N–H and O–H groups in total. The Labute approximate surface area is 113 Å². The van der Waals surface area contributed by atoms with Crippen LogP contribution in [0.1, 0.15) is 16.5 Å². The summed E-state index contributed by atoms with van der Waals surface area (Å²) in [7, 11) is 1.00. The summed E-state index contributed by atoms with van der Waals surface area (Å²) in [4.78, 5) is 8.00. The van der Waals surface area contributed by atoms with Crippen molar-refractivity contribution in [2.24, 2.45) is 0 Å². The van der Waals surface area contributed by atoms with Crippen molar-refractivity contribution in [2.45, 2.75) is 5.38 Å². The molecule has 0 spiro atoms. The Morgan fingerprint density at radius 1 is 0.833 bits per heavy atom. The Morgan fingerprint density at radius 2 is 1.11 bits per heavy atom. The largest absolute Gasteiger partial charge is 0.400 e. The number of carbonyl (C=O) groups is 1. The lowest BCUT2D eigenvalue weighted by Gasteiger charge is -2.09. The van der Waals surface area contributed by atoms with Crippen LogP contribution in [-0.2, 0) is 4.79 Å². The quantitative estimate of drug-likeness (QED) is 0.844. The van der Waals surface area contributed by atoms with E-state index in [2.05, 4.69) is 0 Å². The van der Waals surface area contributed by atoms with Gasteiger partial charge in [-0.2, -0.15) is 0 Å². The van der Waals surface area contributed by atoms with Crippen molar-refractivity contribution < 1.29 is 9.90 Å². The lowest BCUT2D eigenvalue weighted by atomic mass is 10.0. The highest BCUT2D eigenvalue weighted by atomic mass is 35.5. The number of hydrogen-bond acceptors (Lipinski definition) is 2. The Bertz CT molecular complexity index is 364. The predicted molar refractivity (Wildman–Crippen MR) is 75.8 cm³/mol. The SMILES string of the molecule is C=O.CO.ClC(c1ccccc1)c1ccccc1. The van der Waals surface area contributed by atoms with Crippen molar-refractivity contribution in [1.29, 1.82) is 0 Å². The van der Waals surface area contributed by atoms with Crippen LogP contribution in [-0.4, -0.2) is 19.0 Å². The van der Waals surface area contributed by atoms with E-state index in [1.165, 1.54) is 0 Å². The third-order valence-corrected chi connectivity index (χ3v) is 2.69. The minimum atomic E-state index is -0.0441. The molecule has 0 amide bonds. The van der Waals surface area contributed by atoms with Gasteiger partial charge in [0.2, 0.25) is 0 Å². The highest BCUT2D eigenvalue weighted by Crippen LogP contribution is 2.27. The van der Waals surface area contributed by atoms with E-state index in [0.29, 0.717) is 0 Å². The van der Waals surface area contributed by atoms with E-state index in [-0.39, 0.29) is 5.38 Å². The van der Waals surface area contributed by atoms with Crippen molar-refractivity contribution in [3.05, 3.63) is 71.8 Å². The maximum atomic E-state index is 8.00. The van der Waals surface area contributed by atoms with Gasteiger partial charge in [0, 0.05) is 7.11 Å². The highest BCUT2D eigenvalue weighted by molar-refractivity contribution is 6.22. The minimum Gasteiger partial charge on any atom is -0.400 e. The number of benzene rings is 2. The summed E-state index contributed by atoms with van der Waals surface area (Å²) >= 11 is 6.33. The van der Waals surface area contributed by atoms with Crippen molar-refractivity contribution in [3.63, 3.8) is 0 Å². The van der Waals surface area contributed by atoms with Crippen molar-refractivity contribution in [3.8, 4) is 0 Å². The molecule has 0 bridgehead atoms. The molecule has 18 heavy (non-hydrogen) atoms. The van der Waals surface area contributed by atoms with Crippen LogP contribution in [0.5, 0.6) is 0 Å². The second-order valence-corrected chi connectivity index (χ2v) is 3.62. The standard InChI is InChI=1S/C13H11Cl.CH4O.CH2O/c14-13(11-7-3-1-4-8-11)12-9-5-2-6-10-12;2*1-2/h1-10,13H;2H,1H3;1H2. The molecule has 0 saturated carbocycles. The molecular formula is C15H17ClO2. The van der Waals surface area contributed by atoms with Crippen LogP contribution in [0.15, 0.2) is 60.7 Å². The van der Waals surface area contributed by atoms with Crippen molar-refractivity contribution in [2.75, 3.05) is 7.11 Å². The first kappa shape index (κ1) is 16.4. The third kappa shape index (κ3) is 5.13. The van der Waals surface area contributed by atoms with Crippen LogP contribution in [0.3, 0.4) is 0 Å². The molecule has 0 aromatic heterocycles. The lowest BCUT2D eigenvalue weighted by molar-refractivity contribution is -0.0979. The normalized spacial score (nSPS) is 8.67. The van der Waals surface area contributed by atoms with Gasteiger partial charge in [-0.05, 0) is 11.1 Å². The molecule has 2 rings (SSSR count). The zero-order chi connectivity index (χ0) is 13.8. The summed E-state index contributed by atoms with van der Waals surface area (Å²) in [5.74, 6) is 0. The van der Waals surface area contributed by atoms with E-state index in [9.17, 15) is 0 Å². The van der Waals surface area contributed by atoms with E-state index in [1.54, 1.807) is 0 Å². The van der Waals surface area contributed by atoms with Gasteiger partial charge in [0.1, 0.15) is 6.79 Å². The fourth-order valence-corrected chi connectivity index (χ4v) is 1.73. The molecule has 3 heteroatoms. The van der Waals surface area contributed by atoms with Crippen LogP contribution >= 0.6 is 11.6 Å². The Morgan fingerprint density at radius 3 is 1.39 bits per heavy atom. The van der Waals surface area contributed by atoms with Gasteiger partial charge in [0.25, 0.3) is 0 Å². The monoisotopic (exact) mass is 264 g/mol. The topological polar surface area (TPSA) is 37.3 Å². The van der Waals surface area contributed by atoms with E-state index >= 15 is 0 Å². The maximum Gasteiger partial charge on any atom is 0.106 e. The smallest absolute Gasteiger partial charge is 0.106 e. The predicted octanol–water partition coefficient (Wildman–Crippen LogP) is 3.44. The molecule has 0 unspecified atom stereocenters. The van der Waals surface area contributed by atoms with Gasteiger partial charge in [-0.3, -0.25) is 0 Å². The minimum absolute atomic E-state index is 0.0441. The molecule has 2 aromatic carbocycles. The van der Waals surface area contributed by atoms with E-state index in [0.717, 1.165) is 18.2 Å². The second-order valence-electron chi connectivity index (χ2n) is 3.18. The Balaban J connectivity index is 0.000000659. The van der Waals surface area contributed by atoms with Gasteiger partial charge in [-0.1, -0.05) is 60.7 Å². The fraction of sp³-hybridized carbons (Fsp3) is 0.133. The number of alkyl halides is 1. The van der Waals surface area contributed by atoms with E-state index < -0.39 is 0 Å². The van der Waals surface area contributed by atoms with Crippen LogP contribution in [0.25, 0.3) is 0 Å². The molecule has 0 fully saturated rings. The van der Waals surface area contributed by atoms with Crippen molar-refractivity contribution in [1.82, 2.24) is 0 Å². The van der Waals surface area contributed by atoms with Gasteiger partial charge >= 0.3 is 0 Å². The number of carbonyl (C=O) groups excluding carboxylic acids is 1. The Hall–Kier alpha value is -1.64. The molecule has 96 valence electrons. The summed E-state index contributed by atoms with van der Waals surface area (Å²) in [6.45, 7) is 2.00. The fourth-order valence-electron chi connectivity index (χ4n) is 1.44. The summed E-state index contributed by atoms with van der Waals surface area (Å²) < 4.78 is 0. The molecule has 0 aliphatic heterocycles. The summed E-state index contributed by atoms with van der Waals surface area (Å²) in [6.07, 6.45) is 0. The molecule has 0 aliphatic rings. The first-order valence-electron chi connectivity index (χ1n) is 5.35. The van der Waals surface area contributed by atoms with E-state index in [4.69, 9.17) is 21.5 Å². The summed E-state index contributed by atoms with van der Waals surface area (Å²) in [5.41, 5.74) is 2.28. The number of rotatable bonds is 2. The molecule has 2 nitrogen and oxygen atoms in total. The lowest BCUT2D eigenvalue weighted by Crippen LogP contribution is -1.91. The molecule has 0 radical (unpaired) electrons. The zero-order valence-electron chi connectivity index (χ0n) is 10.3. The maximum absolute atomic E-state index is 8.00. The molecule has 0 heterocycles. The molecule has 0 aliphatic carbocycles. The number of aliphatic hydroxyl groups is 1. The average molecular weight is 265 g/mol. The molecule has 0 saturated heterocycles. The summed E-state index contributed by atoms with van der Waals surface area (Å²) in [6, 6.07) is 20.2. The highest BCUT2D eigenvalue weighted by Gasteiger charge is 2.08. The van der Waals surface area contributed by atoms with Gasteiger partial charge < -0.3 is 9.90 Å². The number of halogens is 1. The third-order valence-electron chi connectivity index (χ3n) is 2.18. The second kappa shape index (κ2) is 10.5. The number of hydrogen-bond donors (Lipinski definition) is 1. The van der Waals surface area contributed by atoms with Gasteiger partial charge in [0.15, 0.2) is 0 Å². The van der Waals surface area contributed by atoms with E-state index in [1.807, 2.05) is 67.5 Å².